The van der Waals surface area contributed by atoms with E-state index in [4.69, 9.17) is 10.5 Å². The second kappa shape index (κ2) is 5.64. The summed E-state index contributed by atoms with van der Waals surface area (Å²) in [5, 5.41) is 31.1. The number of nitrogens with zero attached hydrogens (tertiary/aromatic N) is 1. The average Bonchev–Trinajstić information content (AvgIpc) is 2.35. The first-order chi connectivity index (χ1) is 9.45. The predicted molar refractivity (Wildman–Crippen MR) is 71.6 cm³/mol. The molecule has 0 radical (unpaired) electrons. The molecule has 7 heteroatoms. The van der Waals surface area contributed by atoms with Crippen molar-refractivity contribution in [2.75, 3.05) is 7.11 Å². The summed E-state index contributed by atoms with van der Waals surface area (Å²) >= 11 is 0. The van der Waals surface area contributed by atoms with Gasteiger partial charge in [-0.25, -0.2) is 0 Å². The van der Waals surface area contributed by atoms with E-state index in [1.54, 1.807) is 0 Å². The maximum absolute atomic E-state index is 10.9. The van der Waals surface area contributed by atoms with Crippen molar-refractivity contribution in [3.8, 4) is 11.5 Å². The standard InChI is InChI=1S/C13H18N2O5/c1-20-10-6-8(15(18)19)5-9(13(10)17)11(14)12(16)7-3-2-4-7/h5-7,11-12,16-17H,2-4,14H2,1H3/t11-,12+/m1/s1. The van der Waals surface area contributed by atoms with Gasteiger partial charge in [0, 0.05) is 11.6 Å². The number of rotatable bonds is 5. The summed E-state index contributed by atoms with van der Waals surface area (Å²) in [6.07, 6.45) is 1.96. The Morgan fingerprint density at radius 1 is 1.50 bits per heavy atom. The lowest BCUT2D eigenvalue weighted by Gasteiger charge is -2.34. The van der Waals surface area contributed by atoms with Crippen LogP contribution in [0.2, 0.25) is 0 Å². The van der Waals surface area contributed by atoms with Gasteiger partial charge in [0.1, 0.15) is 0 Å². The topological polar surface area (TPSA) is 119 Å². The molecule has 1 fully saturated rings. The second-order valence-electron chi connectivity index (χ2n) is 5.05. The molecule has 1 aromatic rings. The van der Waals surface area contributed by atoms with Crippen molar-refractivity contribution in [2.45, 2.75) is 31.4 Å². The van der Waals surface area contributed by atoms with Crippen LogP contribution < -0.4 is 10.5 Å². The van der Waals surface area contributed by atoms with Gasteiger partial charge in [-0.15, -0.1) is 0 Å². The minimum absolute atomic E-state index is 0.0227. The SMILES string of the molecule is COc1cc([N+](=O)[O-])cc([C@@H](N)[C@@H](O)C2CCC2)c1O. The van der Waals surface area contributed by atoms with Crippen molar-refractivity contribution in [1.82, 2.24) is 0 Å². The van der Waals surface area contributed by atoms with Crippen LogP contribution in [0.4, 0.5) is 5.69 Å². The molecule has 1 aliphatic carbocycles. The molecule has 0 amide bonds. The van der Waals surface area contributed by atoms with Gasteiger partial charge < -0.3 is 20.7 Å². The zero-order valence-electron chi connectivity index (χ0n) is 11.2. The molecule has 0 spiro atoms. The third-order valence-corrected chi connectivity index (χ3v) is 3.88. The van der Waals surface area contributed by atoms with Gasteiger partial charge in [0.25, 0.3) is 5.69 Å². The van der Waals surface area contributed by atoms with E-state index in [9.17, 15) is 20.3 Å². The third kappa shape index (κ3) is 2.54. The van der Waals surface area contributed by atoms with Gasteiger partial charge in [-0.05, 0) is 18.8 Å². The predicted octanol–water partition coefficient (Wildman–Crippen LogP) is 1.47. The monoisotopic (exact) mass is 282 g/mol. The van der Waals surface area contributed by atoms with E-state index in [0.717, 1.165) is 25.3 Å². The highest BCUT2D eigenvalue weighted by atomic mass is 16.6. The first-order valence-electron chi connectivity index (χ1n) is 6.44. The van der Waals surface area contributed by atoms with Crippen molar-refractivity contribution < 1.29 is 19.9 Å². The van der Waals surface area contributed by atoms with Crippen LogP contribution in [-0.4, -0.2) is 28.4 Å². The normalized spacial score (nSPS) is 18.1. The van der Waals surface area contributed by atoms with E-state index in [1.165, 1.54) is 13.2 Å². The fraction of sp³-hybridized carbons (Fsp3) is 0.538. The van der Waals surface area contributed by atoms with Crippen molar-refractivity contribution in [2.24, 2.45) is 11.7 Å². The molecule has 0 bridgehead atoms. The molecule has 2 atom stereocenters. The summed E-state index contributed by atoms with van der Waals surface area (Å²) in [4.78, 5) is 10.3. The quantitative estimate of drug-likeness (QED) is 0.555. The molecule has 0 aliphatic heterocycles. The minimum Gasteiger partial charge on any atom is -0.504 e. The molecule has 110 valence electrons. The van der Waals surface area contributed by atoms with Gasteiger partial charge in [0.15, 0.2) is 11.5 Å². The summed E-state index contributed by atoms with van der Waals surface area (Å²) in [7, 11) is 1.30. The zero-order valence-corrected chi connectivity index (χ0v) is 11.2. The van der Waals surface area contributed by atoms with Gasteiger partial charge >= 0.3 is 0 Å². The molecule has 1 saturated carbocycles. The number of hydrogen-bond acceptors (Lipinski definition) is 6. The second-order valence-corrected chi connectivity index (χ2v) is 5.05. The number of nitro benzene ring substituents is 1. The van der Waals surface area contributed by atoms with Gasteiger partial charge in [0.05, 0.1) is 30.2 Å². The van der Waals surface area contributed by atoms with Crippen molar-refractivity contribution in [3.63, 3.8) is 0 Å². The van der Waals surface area contributed by atoms with Crippen LogP contribution in [0.15, 0.2) is 12.1 Å². The number of methoxy groups -OCH3 is 1. The number of aliphatic hydroxyl groups is 1. The number of aliphatic hydroxyl groups excluding tert-OH is 1. The molecule has 0 heterocycles. The lowest BCUT2D eigenvalue weighted by atomic mass is 9.77. The lowest BCUT2D eigenvalue weighted by molar-refractivity contribution is -0.385. The number of hydrogen-bond donors (Lipinski definition) is 3. The number of phenolic OH excluding ortho intramolecular Hbond substituents is 1. The molecule has 4 N–H and O–H groups in total. The fourth-order valence-electron chi connectivity index (χ4n) is 2.39. The Hall–Kier alpha value is -1.86. The molecule has 1 aliphatic rings. The van der Waals surface area contributed by atoms with E-state index < -0.39 is 17.1 Å². The molecule has 0 unspecified atom stereocenters. The van der Waals surface area contributed by atoms with Crippen molar-refractivity contribution >= 4 is 5.69 Å². The van der Waals surface area contributed by atoms with E-state index >= 15 is 0 Å². The molecule has 7 nitrogen and oxygen atoms in total. The van der Waals surface area contributed by atoms with Gasteiger partial charge in [-0.3, -0.25) is 10.1 Å². The van der Waals surface area contributed by atoms with Gasteiger partial charge in [-0.1, -0.05) is 6.42 Å². The molecule has 0 aromatic heterocycles. The zero-order chi connectivity index (χ0) is 14.9. The molecule has 1 aromatic carbocycles. The van der Waals surface area contributed by atoms with E-state index in [1.807, 2.05) is 0 Å². The number of non-ortho nitro benzene ring substituents is 1. The maximum Gasteiger partial charge on any atom is 0.273 e. The Kier molecular flexibility index (Phi) is 4.10. The minimum atomic E-state index is -0.880. The number of nitro groups is 1. The average molecular weight is 282 g/mol. The van der Waals surface area contributed by atoms with Crippen LogP contribution in [0.25, 0.3) is 0 Å². The highest BCUT2D eigenvalue weighted by Gasteiger charge is 2.33. The lowest BCUT2D eigenvalue weighted by Crippen LogP contribution is -2.36. The molecule has 2 rings (SSSR count). The van der Waals surface area contributed by atoms with Crippen molar-refractivity contribution in [1.29, 1.82) is 0 Å². The van der Waals surface area contributed by atoms with E-state index in [0.29, 0.717) is 0 Å². The maximum atomic E-state index is 10.9. The van der Waals surface area contributed by atoms with Gasteiger partial charge in [-0.2, -0.15) is 0 Å². The number of ether oxygens (including phenoxy) is 1. The van der Waals surface area contributed by atoms with Gasteiger partial charge in [0.2, 0.25) is 0 Å². The summed E-state index contributed by atoms with van der Waals surface area (Å²) in [6.45, 7) is 0. The van der Waals surface area contributed by atoms with Crippen LogP contribution in [0.5, 0.6) is 11.5 Å². The molecular formula is C13H18N2O5. The largest absolute Gasteiger partial charge is 0.504 e. The Morgan fingerprint density at radius 3 is 2.60 bits per heavy atom. The number of aromatic hydroxyl groups is 1. The van der Waals surface area contributed by atoms with E-state index in [-0.39, 0.29) is 28.7 Å². The number of benzene rings is 1. The van der Waals surface area contributed by atoms with E-state index in [2.05, 4.69) is 0 Å². The Morgan fingerprint density at radius 2 is 2.15 bits per heavy atom. The summed E-state index contributed by atoms with van der Waals surface area (Å²) in [5.41, 5.74) is 5.86. The van der Waals surface area contributed by atoms with Crippen LogP contribution in [-0.2, 0) is 0 Å². The first kappa shape index (κ1) is 14.5. The highest BCUT2D eigenvalue weighted by molar-refractivity contribution is 5.54. The first-order valence-corrected chi connectivity index (χ1v) is 6.44. The molecule has 20 heavy (non-hydrogen) atoms. The molecular weight excluding hydrogens is 264 g/mol. The van der Waals surface area contributed by atoms with Crippen molar-refractivity contribution in [3.05, 3.63) is 27.8 Å². The summed E-state index contributed by atoms with van der Waals surface area (Å²) < 4.78 is 4.92. The summed E-state index contributed by atoms with van der Waals surface area (Å²) in [6, 6.07) is 1.43. The highest BCUT2D eigenvalue weighted by Crippen LogP contribution is 2.41. The smallest absolute Gasteiger partial charge is 0.273 e. The Bertz CT molecular complexity index is 516. The fourth-order valence-corrected chi connectivity index (χ4v) is 2.39. The van der Waals surface area contributed by atoms with Crippen LogP contribution in [0.3, 0.4) is 0 Å². The Balaban J connectivity index is 2.37. The van der Waals surface area contributed by atoms with Crippen LogP contribution in [0.1, 0.15) is 30.9 Å². The number of nitrogens with two attached hydrogens (primary N) is 1. The Labute approximate surface area is 116 Å². The third-order valence-electron chi connectivity index (χ3n) is 3.88. The van der Waals surface area contributed by atoms with Crippen LogP contribution in [0, 0.1) is 16.0 Å². The summed E-state index contributed by atoms with van der Waals surface area (Å²) in [5.74, 6) is -0.205. The number of phenols is 1. The van der Waals surface area contributed by atoms with Crippen LogP contribution >= 0.6 is 0 Å². The molecule has 0 saturated heterocycles.